The lowest BCUT2D eigenvalue weighted by Crippen LogP contribution is -2.23. The molecule has 31 heavy (non-hydrogen) atoms. The first-order valence-corrected chi connectivity index (χ1v) is 11.0. The van der Waals surface area contributed by atoms with Crippen molar-refractivity contribution in [2.45, 2.75) is 25.3 Å². The highest BCUT2D eigenvalue weighted by atomic mass is 32.2. The van der Waals surface area contributed by atoms with Gasteiger partial charge in [0.2, 0.25) is 10.0 Å². The Kier molecular flexibility index (Phi) is 5.53. The molecule has 0 bridgehead atoms. The van der Waals surface area contributed by atoms with E-state index in [4.69, 9.17) is 4.42 Å². The van der Waals surface area contributed by atoms with Gasteiger partial charge in [-0.15, -0.1) is 0 Å². The molecule has 2 aromatic carbocycles. The number of nitrogens with one attached hydrogen (secondary N) is 2. The van der Waals surface area contributed by atoms with Crippen LogP contribution in [0.4, 0.5) is 5.69 Å². The molecule has 0 aliphatic rings. The largest absolute Gasteiger partial charge is 0.468 e. The molecule has 0 atom stereocenters. The number of hydrogen-bond donors (Lipinski definition) is 2. The summed E-state index contributed by atoms with van der Waals surface area (Å²) in [5.74, 6) is 0.186. The summed E-state index contributed by atoms with van der Waals surface area (Å²) in [6, 6.07) is 14.4. The fraction of sp³-hybridized carbons (Fsp3) is 0.136. The monoisotopic (exact) mass is 436 g/mol. The van der Waals surface area contributed by atoms with Crippen LogP contribution in [0.25, 0.3) is 11.0 Å². The Morgan fingerprint density at radius 1 is 0.968 bits per heavy atom. The van der Waals surface area contributed by atoms with Crippen LogP contribution in [0, 0.1) is 13.8 Å². The molecule has 4 aromatic rings. The predicted molar refractivity (Wildman–Crippen MR) is 116 cm³/mol. The van der Waals surface area contributed by atoms with Gasteiger partial charge in [-0.1, -0.05) is 0 Å². The smallest absolute Gasteiger partial charge is 0.255 e. The average Bonchev–Trinajstić information content (AvgIpc) is 3.27. The fourth-order valence-corrected chi connectivity index (χ4v) is 3.95. The first-order valence-electron chi connectivity index (χ1n) is 9.50. The zero-order valence-corrected chi connectivity index (χ0v) is 17.7. The van der Waals surface area contributed by atoms with Crippen molar-refractivity contribution in [1.29, 1.82) is 0 Å². The highest BCUT2D eigenvalue weighted by Gasteiger charge is 2.15. The fourth-order valence-electron chi connectivity index (χ4n) is 2.96. The van der Waals surface area contributed by atoms with Crippen molar-refractivity contribution >= 4 is 32.7 Å². The molecule has 8 nitrogen and oxygen atoms in total. The van der Waals surface area contributed by atoms with Crippen molar-refractivity contribution in [3.05, 3.63) is 83.6 Å². The van der Waals surface area contributed by atoms with Gasteiger partial charge >= 0.3 is 0 Å². The number of fused-ring (bicyclic) bond motifs is 1. The van der Waals surface area contributed by atoms with Crippen LogP contribution in [-0.2, 0) is 16.6 Å². The summed E-state index contributed by atoms with van der Waals surface area (Å²) in [6.45, 7) is 3.81. The molecule has 0 saturated heterocycles. The second-order valence-electron chi connectivity index (χ2n) is 6.98. The molecule has 0 aliphatic carbocycles. The molecule has 0 spiro atoms. The maximum Gasteiger partial charge on any atom is 0.255 e. The number of rotatable bonds is 6. The highest BCUT2D eigenvalue weighted by Crippen LogP contribution is 2.18. The van der Waals surface area contributed by atoms with Crippen molar-refractivity contribution in [2.75, 3.05) is 5.32 Å². The van der Waals surface area contributed by atoms with Gasteiger partial charge in [0.05, 0.1) is 40.1 Å². The molecule has 0 fully saturated rings. The quantitative estimate of drug-likeness (QED) is 0.478. The number of anilines is 1. The van der Waals surface area contributed by atoms with Crippen molar-refractivity contribution in [3.63, 3.8) is 0 Å². The van der Waals surface area contributed by atoms with E-state index in [1.807, 2.05) is 13.8 Å². The third kappa shape index (κ3) is 4.62. The van der Waals surface area contributed by atoms with Crippen molar-refractivity contribution in [1.82, 2.24) is 14.7 Å². The third-order valence-corrected chi connectivity index (χ3v) is 6.19. The number of benzene rings is 2. The molecule has 2 aromatic heterocycles. The maximum absolute atomic E-state index is 12.6. The lowest BCUT2D eigenvalue weighted by Gasteiger charge is -2.09. The molecule has 9 heteroatoms. The minimum Gasteiger partial charge on any atom is -0.468 e. The van der Waals surface area contributed by atoms with E-state index >= 15 is 0 Å². The zero-order chi connectivity index (χ0) is 22.0. The summed E-state index contributed by atoms with van der Waals surface area (Å²) in [7, 11) is -3.70. The molecule has 4 rings (SSSR count). The second-order valence-corrected chi connectivity index (χ2v) is 8.75. The number of furan rings is 1. The first-order chi connectivity index (χ1) is 14.8. The molecule has 158 valence electrons. The number of aryl methyl sites for hydroxylation is 2. The van der Waals surface area contributed by atoms with Gasteiger partial charge in [-0.2, -0.15) is 0 Å². The van der Waals surface area contributed by atoms with Crippen LogP contribution in [0.3, 0.4) is 0 Å². The highest BCUT2D eigenvalue weighted by molar-refractivity contribution is 7.89. The van der Waals surface area contributed by atoms with Crippen LogP contribution in [0.2, 0.25) is 0 Å². The number of sulfonamides is 1. The van der Waals surface area contributed by atoms with Crippen LogP contribution in [0.1, 0.15) is 27.5 Å². The van der Waals surface area contributed by atoms with Crippen LogP contribution >= 0.6 is 0 Å². The van der Waals surface area contributed by atoms with Crippen molar-refractivity contribution < 1.29 is 17.6 Å². The average molecular weight is 436 g/mol. The van der Waals surface area contributed by atoms with Crippen LogP contribution in [0.15, 0.2) is 70.2 Å². The molecule has 0 radical (unpaired) electrons. The van der Waals surface area contributed by atoms with Gasteiger partial charge < -0.3 is 9.73 Å². The standard InChI is InChI=1S/C22H20N4O4S/c1-14-15(2)25-21-12-16(5-10-20(21)24-14)22(27)26-17-6-8-19(9-7-17)31(28,29)23-13-18-4-3-11-30-18/h3-12,23H,13H2,1-2H3,(H,26,27). The van der Waals surface area contributed by atoms with Gasteiger partial charge in [0, 0.05) is 11.3 Å². The van der Waals surface area contributed by atoms with Gasteiger partial charge in [-0.3, -0.25) is 4.79 Å². The van der Waals surface area contributed by atoms with E-state index in [0.29, 0.717) is 22.5 Å². The van der Waals surface area contributed by atoms with Gasteiger partial charge in [0.1, 0.15) is 5.76 Å². The van der Waals surface area contributed by atoms with Gasteiger partial charge in [-0.25, -0.2) is 23.1 Å². The first kappa shape index (κ1) is 20.7. The number of carbonyl (C=O) groups is 1. The Morgan fingerprint density at radius 3 is 2.35 bits per heavy atom. The van der Waals surface area contributed by atoms with Gasteiger partial charge in [0.15, 0.2) is 0 Å². The van der Waals surface area contributed by atoms with E-state index < -0.39 is 10.0 Å². The maximum atomic E-state index is 12.6. The molecule has 1 amide bonds. The number of hydrogen-bond acceptors (Lipinski definition) is 6. The zero-order valence-electron chi connectivity index (χ0n) is 16.9. The molecular weight excluding hydrogens is 416 g/mol. The molecule has 0 unspecified atom stereocenters. The van der Waals surface area contributed by atoms with E-state index in [1.54, 1.807) is 30.3 Å². The Morgan fingerprint density at radius 2 is 1.68 bits per heavy atom. The summed E-state index contributed by atoms with van der Waals surface area (Å²) in [4.78, 5) is 21.6. The summed E-state index contributed by atoms with van der Waals surface area (Å²) in [6.07, 6.45) is 1.48. The Balaban J connectivity index is 1.46. The Hall–Kier alpha value is -3.56. The van der Waals surface area contributed by atoms with E-state index in [1.165, 1.54) is 30.5 Å². The number of amides is 1. The van der Waals surface area contributed by atoms with Crippen LogP contribution < -0.4 is 10.0 Å². The number of carbonyl (C=O) groups excluding carboxylic acids is 1. The lowest BCUT2D eigenvalue weighted by molar-refractivity contribution is 0.102. The normalized spacial score (nSPS) is 11.5. The van der Waals surface area contributed by atoms with Gasteiger partial charge in [0.25, 0.3) is 5.91 Å². The predicted octanol–water partition coefficient (Wildman–Crippen LogP) is 3.57. The second kappa shape index (κ2) is 8.29. The summed E-state index contributed by atoms with van der Waals surface area (Å²) < 4.78 is 32.4. The summed E-state index contributed by atoms with van der Waals surface area (Å²) >= 11 is 0. The third-order valence-electron chi connectivity index (χ3n) is 4.78. The van der Waals surface area contributed by atoms with E-state index in [9.17, 15) is 13.2 Å². The molecular formula is C22H20N4O4S. The van der Waals surface area contributed by atoms with Gasteiger partial charge in [-0.05, 0) is 68.4 Å². The molecule has 2 N–H and O–H groups in total. The minimum absolute atomic E-state index is 0.0532. The van der Waals surface area contributed by atoms with E-state index in [2.05, 4.69) is 20.0 Å². The van der Waals surface area contributed by atoms with Crippen molar-refractivity contribution in [2.24, 2.45) is 0 Å². The van der Waals surface area contributed by atoms with Crippen LogP contribution in [-0.4, -0.2) is 24.3 Å². The molecule has 2 heterocycles. The number of aromatic nitrogens is 2. The Labute approximate surface area is 179 Å². The van der Waals surface area contributed by atoms with E-state index in [0.717, 1.165) is 16.9 Å². The molecule has 0 saturated carbocycles. The minimum atomic E-state index is -3.70. The molecule has 0 aliphatic heterocycles. The van der Waals surface area contributed by atoms with Crippen molar-refractivity contribution in [3.8, 4) is 0 Å². The topological polar surface area (TPSA) is 114 Å². The SMILES string of the molecule is Cc1nc2ccc(C(=O)Nc3ccc(S(=O)(=O)NCc4ccco4)cc3)cc2nc1C. The van der Waals surface area contributed by atoms with E-state index in [-0.39, 0.29) is 17.3 Å². The summed E-state index contributed by atoms with van der Waals surface area (Å²) in [5, 5.41) is 2.76. The van der Waals surface area contributed by atoms with Crippen LogP contribution in [0.5, 0.6) is 0 Å². The number of nitrogens with zero attached hydrogens (tertiary/aromatic N) is 2. The Bertz CT molecular complexity index is 1350. The lowest BCUT2D eigenvalue weighted by atomic mass is 10.1. The summed E-state index contributed by atoms with van der Waals surface area (Å²) in [5.41, 5.74) is 3.92.